The van der Waals surface area contributed by atoms with E-state index in [1.807, 2.05) is 7.05 Å². The normalized spacial score (nSPS) is 37.5. The molecule has 3 atom stereocenters. The van der Waals surface area contributed by atoms with Gasteiger partial charge in [0.05, 0.1) is 18.8 Å². The van der Waals surface area contributed by atoms with Crippen molar-refractivity contribution in [2.45, 2.75) is 38.0 Å². The summed E-state index contributed by atoms with van der Waals surface area (Å²) < 4.78 is 11.3. The molecule has 4 heteroatoms. The van der Waals surface area contributed by atoms with Crippen molar-refractivity contribution in [3.63, 3.8) is 0 Å². The average molecular weight is 228 g/mol. The van der Waals surface area contributed by atoms with E-state index in [-0.39, 0.29) is 0 Å². The molecule has 3 unspecified atom stereocenters. The predicted molar refractivity (Wildman–Crippen MR) is 63.7 cm³/mol. The van der Waals surface area contributed by atoms with E-state index in [1.54, 1.807) is 0 Å². The van der Waals surface area contributed by atoms with Crippen LogP contribution in [0.3, 0.4) is 0 Å². The molecule has 2 fully saturated rings. The first-order valence-electron chi connectivity index (χ1n) is 6.41. The summed E-state index contributed by atoms with van der Waals surface area (Å²) in [5, 5.41) is 3.19. The minimum Gasteiger partial charge on any atom is -0.378 e. The Bertz CT molecular complexity index is 211. The molecule has 2 aliphatic rings. The second-order valence-corrected chi connectivity index (χ2v) is 4.91. The molecule has 4 nitrogen and oxygen atoms in total. The number of hydrogen-bond acceptors (Lipinski definition) is 4. The Morgan fingerprint density at radius 2 is 2.19 bits per heavy atom. The van der Waals surface area contributed by atoms with Gasteiger partial charge in [-0.05, 0) is 26.8 Å². The van der Waals surface area contributed by atoms with Gasteiger partial charge in [-0.3, -0.25) is 4.90 Å². The first kappa shape index (κ1) is 12.3. The highest BCUT2D eigenvalue weighted by Crippen LogP contribution is 2.21. The van der Waals surface area contributed by atoms with Gasteiger partial charge in [0.15, 0.2) is 0 Å². The van der Waals surface area contributed by atoms with E-state index in [1.165, 1.54) is 12.8 Å². The van der Waals surface area contributed by atoms with Crippen LogP contribution in [0.2, 0.25) is 0 Å². The second kappa shape index (κ2) is 5.96. The van der Waals surface area contributed by atoms with Crippen LogP contribution in [0, 0.1) is 0 Å². The molecular formula is C12H24N2O2. The van der Waals surface area contributed by atoms with Gasteiger partial charge in [-0.1, -0.05) is 0 Å². The van der Waals surface area contributed by atoms with Crippen LogP contribution in [0.15, 0.2) is 0 Å². The molecule has 2 saturated heterocycles. The summed E-state index contributed by atoms with van der Waals surface area (Å²) in [5.41, 5.74) is 0. The zero-order chi connectivity index (χ0) is 11.4. The largest absolute Gasteiger partial charge is 0.378 e. The first-order valence-corrected chi connectivity index (χ1v) is 6.41. The number of hydrogen-bond donors (Lipinski definition) is 1. The van der Waals surface area contributed by atoms with Crippen molar-refractivity contribution in [2.75, 3.05) is 39.9 Å². The maximum Gasteiger partial charge on any atom is 0.0826 e. The summed E-state index contributed by atoms with van der Waals surface area (Å²) in [7, 11) is 1.98. The molecule has 0 saturated carbocycles. The highest BCUT2D eigenvalue weighted by molar-refractivity contribution is 4.82. The fourth-order valence-electron chi connectivity index (χ4n) is 2.73. The highest BCUT2D eigenvalue weighted by Gasteiger charge is 2.29. The summed E-state index contributed by atoms with van der Waals surface area (Å²) in [6.07, 6.45) is 3.13. The van der Waals surface area contributed by atoms with E-state index < -0.39 is 0 Å². The molecule has 1 N–H and O–H groups in total. The molecule has 16 heavy (non-hydrogen) atoms. The predicted octanol–water partition coefficient (Wildman–Crippen LogP) is 0.474. The van der Waals surface area contributed by atoms with E-state index in [0.717, 1.165) is 32.8 Å². The van der Waals surface area contributed by atoms with Gasteiger partial charge in [-0.15, -0.1) is 0 Å². The minimum absolute atomic E-state index is 0.358. The molecule has 0 aromatic carbocycles. The van der Waals surface area contributed by atoms with Gasteiger partial charge >= 0.3 is 0 Å². The maximum absolute atomic E-state index is 5.73. The van der Waals surface area contributed by atoms with Crippen molar-refractivity contribution < 1.29 is 9.47 Å². The van der Waals surface area contributed by atoms with Crippen molar-refractivity contribution in [3.8, 4) is 0 Å². The molecule has 0 spiro atoms. The molecule has 2 aliphatic heterocycles. The number of nitrogens with one attached hydrogen (secondary N) is 1. The van der Waals surface area contributed by atoms with Crippen molar-refractivity contribution in [3.05, 3.63) is 0 Å². The SMILES string of the molecule is CNCC1CN(C2CCOC(C)C2)CCO1. The Hall–Kier alpha value is -0.160. The molecule has 2 heterocycles. The van der Waals surface area contributed by atoms with Crippen LogP contribution < -0.4 is 5.32 Å². The number of likely N-dealkylation sites (N-methyl/N-ethyl adjacent to an activating group) is 1. The summed E-state index contributed by atoms with van der Waals surface area (Å²) in [4.78, 5) is 2.59. The smallest absolute Gasteiger partial charge is 0.0826 e. The summed E-state index contributed by atoms with van der Waals surface area (Å²) >= 11 is 0. The zero-order valence-corrected chi connectivity index (χ0v) is 10.4. The van der Waals surface area contributed by atoms with E-state index in [4.69, 9.17) is 9.47 Å². The fraction of sp³-hybridized carbons (Fsp3) is 1.00. The third kappa shape index (κ3) is 3.17. The molecule has 0 aromatic rings. The van der Waals surface area contributed by atoms with Gasteiger partial charge < -0.3 is 14.8 Å². The van der Waals surface area contributed by atoms with Crippen LogP contribution in [0.4, 0.5) is 0 Å². The van der Waals surface area contributed by atoms with Crippen LogP contribution in [0.25, 0.3) is 0 Å². The van der Waals surface area contributed by atoms with Crippen LogP contribution in [0.1, 0.15) is 19.8 Å². The Morgan fingerprint density at radius 3 is 2.94 bits per heavy atom. The Balaban J connectivity index is 1.83. The Labute approximate surface area is 98.3 Å². The topological polar surface area (TPSA) is 33.7 Å². The third-order valence-electron chi connectivity index (χ3n) is 3.58. The quantitative estimate of drug-likeness (QED) is 0.761. The molecular weight excluding hydrogens is 204 g/mol. The lowest BCUT2D eigenvalue weighted by Gasteiger charge is -2.41. The monoisotopic (exact) mass is 228 g/mol. The summed E-state index contributed by atoms with van der Waals surface area (Å²) in [6, 6.07) is 0.701. The van der Waals surface area contributed by atoms with Crippen LogP contribution in [0.5, 0.6) is 0 Å². The van der Waals surface area contributed by atoms with Gasteiger partial charge in [0.2, 0.25) is 0 Å². The summed E-state index contributed by atoms with van der Waals surface area (Å²) in [6.45, 7) is 7.07. The number of morpholine rings is 1. The highest BCUT2D eigenvalue weighted by atomic mass is 16.5. The molecule has 0 aromatic heterocycles. The lowest BCUT2D eigenvalue weighted by molar-refractivity contribution is -0.0738. The third-order valence-corrected chi connectivity index (χ3v) is 3.58. The van der Waals surface area contributed by atoms with Crippen molar-refractivity contribution in [2.24, 2.45) is 0 Å². The Morgan fingerprint density at radius 1 is 1.31 bits per heavy atom. The second-order valence-electron chi connectivity index (χ2n) is 4.91. The standard InChI is InChI=1S/C12H24N2O2/c1-10-7-11(3-5-15-10)14-4-6-16-12(9-14)8-13-2/h10-13H,3-9H2,1-2H3. The lowest BCUT2D eigenvalue weighted by Crippen LogP contribution is -2.52. The fourth-order valence-corrected chi connectivity index (χ4v) is 2.73. The molecule has 0 amide bonds. The van der Waals surface area contributed by atoms with E-state index >= 15 is 0 Å². The zero-order valence-electron chi connectivity index (χ0n) is 10.4. The maximum atomic E-state index is 5.73. The van der Waals surface area contributed by atoms with Crippen molar-refractivity contribution >= 4 is 0 Å². The van der Waals surface area contributed by atoms with Gasteiger partial charge in [0.1, 0.15) is 0 Å². The average Bonchev–Trinajstić information content (AvgIpc) is 2.30. The molecule has 94 valence electrons. The van der Waals surface area contributed by atoms with Crippen LogP contribution in [-0.4, -0.2) is 63.0 Å². The first-order chi connectivity index (χ1) is 7.79. The molecule has 0 bridgehead atoms. The Kier molecular flexibility index (Phi) is 4.58. The van der Waals surface area contributed by atoms with E-state index in [2.05, 4.69) is 17.1 Å². The molecule has 0 aliphatic carbocycles. The van der Waals surface area contributed by atoms with Gasteiger partial charge in [-0.2, -0.15) is 0 Å². The van der Waals surface area contributed by atoms with Crippen LogP contribution >= 0.6 is 0 Å². The van der Waals surface area contributed by atoms with Gasteiger partial charge in [-0.25, -0.2) is 0 Å². The van der Waals surface area contributed by atoms with E-state index in [9.17, 15) is 0 Å². The summed E-state index contributed by atoms with van der Waals surface area (Å²) in [5.74, 6) is 0. The number of ether oxygens (including phenoxy) is 2. The van der Waals surface area contributed by atoms with Gasteiger partial charge in [0, 0.05) is 32.3 Å². The van der Waals surface area contributed by atoms with Crippen molar-refractivity contribution in [1.82, 2.24) is 10.2 Å². The van der Waals surface area contributed by atoms with Gasteiger partial charge in [0.25, 0.3) is 0 Å². The molecule has 2 rings (SSSR count). The van der Waals surface area contributed by atoms with Crippen LogP contribution in [-0.2, 0) is 9.47 Å². The number of nitrogens with zero attached hydrogens (tertiary/aromatic N) is 1. The van der Waals surface area contributed by atoms with Crippen molar-refractivity contribution in [1.29, 1.82) is 0 Å². The minimum atomic E-state index is 0.358. The number of rotatable bonds is 3. The lowest BCUT2D eigenvalue weighted by atomic mass is 10.0. The molecule has 0 radical (unpaired) electrons. The van der Waals surface area contributed by atoms with E-state index in [0.29, 0.717) is 18.2 Å².